The van der Waals surface area contributed by atoms with Crippen LogP contribution < -0.4 is 15.8 Å². The van der Waals surface area contributed by atoms with E-state index in [2.05, 4.69) is 18.3 Å². The number of halogens is 1. The molecule has 0 fully saturated rings. The monoisotopic (exact) mass is 274 g/mol. The first-order valence-corrected chi connectivity index (χ1v) is 6.63. The van der Waals surface area contributed by atoms with Gasteiger partial charge in [-0.05, 0) is 18.1 Å². The summed E-state index contributed by atoms with van der Waals surface area (Å²) in [5, 5.41) is 3.26. The van der Waals surface area contributed by atoms with Gasteiger partial charge in [0.05, 0.1) is 18.5 Å². The molecule has 0 saturated heterocycles. The van der Waals surface area contributed by atoms with Gasteiger partial charge in [0.2, 0.25) is 0 Å². The summed E-state index contributed by atoms with van der Waals surface area (Å²) >= 11 is 0. The number of benzene rings is 2. The molecule has 0 unspecified atom stereocenters. The minimum absolute atomic E-state index is 0.176. The van der Waals surface area contributed by atoms with E-state index < -0.39 is 5.82 Å². The minimum Gasteiger partial charge on any atom is -0.494 e. The summed E-state index contributed by atoms with van der Waals surface area (Å²) in [6, 6.07) is 10.9. The fourth-order valence-corrected chi connectivity index (χ4v) is 2.11. The molecule has 0 atom stereocenters. The molecule has 2 aromatic rings. The number of rotatable bonds is 5. The summed E-state index contributed by atoms with van der Waals surface area (Å²) in [4.78, 5) is 0. The van der Waals surface area contributed by atoms with Crippen molar-refractivity contribution in [2.45, 2.75) is 19.8 Å². The molecular weight excluding hydrogens is 255 g/mol. The molecule has 2 rings (SSSR count). The van der Waals surface area contributed by atoms with Gasteiger partial charge in [-0.25, -0.2) is 4.39 Å². The van der Waals surface area contributed by atoms with E-state index in [9.17, 15) is 4.39 Å². The first kappa shape index (κ1) is 14.2. The second-order valence-corrected chi connectivity index (χ2v) is 4.61. The fourth-order valence-electron chi connectivity index (χ4n) is 2.11. The Morgan fingerprint density at radius 3 is 2.65 bits per heavy atom. The van der Waals surface area contributed by atoms with Crippen molar-refractivity contribution >= 4 is 17.1 Å². The van der Waals surface area contributed by atoms with E-state index in [1.54, 1.807) is 6.07 Å². The molecule has 2 aromatic carbocycles. The maximum atomic E-state index is 13.5. The molecule has 0 aliphatic rings. The molecule has 20 heavy (non-hydrogen) atoms. The third-order valence-electron chi connectivity index (χ3n) is 3.13. The van der Waals surface area contributed by atoms with Crippen molar-refractivity contribution in [1.29, 1.82) is 0 Å². The zero-order valence-corrected chi connectivity index (χ0v) is 11.7. The van der Waals surface area contributed by atoms with Gasteiger partial charge in [-0.1, -0.05) is 31.5 Å². The minimum atomic E-state index is -0.461. The van der Waals surface area contributed by atoms with Gasteiger partial charge in [-0.15, -0.1) is 0 Å². The number of hydrogen-bond donors (Lipinski definition) is 2. The van der Waals surface area contributed by atoms with Crippen molar-refractivity contribution in [1.82, 2.24) is 0 Å². The topological polar surface area (TPSA) is 47.3 Å². The molecule has 0 radical (unpaired) electrons. The van der Waals surface area contributed by atoms with E-state index >= 15 is 0 Å². The van der Waals surface area contributed by atoms with Gasteiger partial charge < -0.3 is 15.8 Å². The Kier molecular flexibility index (Phi) is 4.45. The molecule has 0 saturated carbocycles. The van der Waals surface area contributed by atoms with Crippen molar-refractivity contribution in [2.75, 3.05) is 18.2 Å². The first-order chi connectivity index (χ1) is 9.65. The highest BCUT2D eigenvalue weighted by Crippen LogP contribution is 2.31. The summed E-state index contributed by atoms with van der Waals surface area (Å²) in [5.74, 6) is -0.285. The number of para-hydroxylation sites is 1. The number of anilines is 3. The fraction of sp³-hybridized carbons (Fsp3) is 0.250. The van der Waals surface area contributed by atoms with E-state index in [-0.39, 0.29) is 5.75 Å². The maximum absolute atomic E-state index is 13.5. The lowest BCUT2D eigenvalue weighted by molar-refractivity contribution is 0.387. The molecule has 0 spiro atoms. The predicted octanol–water partition coefficient (Wildman–Crippen LogP) is 4.11. The van der Waals surface area contributed by atoms with Gasteiger partial charge in [-0.3, -0.25) is 0 Å². The van der Waals surface area contributed by atoms with Crippen molar-refractivity contribution in [3.63, 3.8) is 0 Å². The molecule has 0 amide bonds. The summed E-state index contributed by atoms with van der Waals surface area (Å²) in [6.45, 7) is 2.13. The molecule has 0 aliphatic heterocycles. The van der Waals surface area contributed by atoms with Crippen LogP contribution in [0.5, 0.6) is 5.75 Å². The Labute approximate surface area is 118 Å². The first-order valence-electron chi connectivity index (χ1n) is 6.63. The predicted molar refractivity (Wildman–Crippen MR) is 81.1 cm³/mol. The number of nitrogen functional groups attached to an aromatic ring is 1. The third-order valence-corrected chi connectivity index (χ3v) is 3.13. The lowest BCUT2D eigenvalue weighted by Gasteiger charge is -2.14. The molecule has 0 bridgehead atoms. The lowest BCUT2D eigenvalue weighted by atomic mass is 10.1. The van der Waals surface area contributed by atoms with Gasteiger partial charge in [-0.2, -0.15) is 0 Å². The Morgan fingerprint density at radius 1 is 1.20 bits per heavy atom. The molecule has 3 N–H and O–H groups in total. The Hall–Kier alpha value is -2.23. The van der Waals surface area contributed by atoms with Crippen molar-refractivity contribution in [3.8, 4) is 5.75 Å². The Bertz CT molecular complexity index is 599. The van der Waals surface area contributed by atoms with Gasteiger partial charge in [0.25, 0.3) is 0 Å². The normalized spacial score (nSPS) is 10.3. The van der Waals surface area contributed by atoms with E-state index in [0.29, 0.717) is 11.4 Å². The van der Waals surface area contributed by atoms with Crippen LogP contribution in [0.25, 0.3) is 0 Å². The molecule has 0 aromatic heterocycles. The van der Waals surface area contributed by atoms with E-state index in [0.717, 1.165) is 18.5 Å². The number of aryl methyl sites for hydroxylation is 1. The van der Waals surface area contributed by atoms with E-state index in [4.69, 9.17) is 10.5 Å². The lowest BCUT2D eigenvalue weighted by Crippen LogP contribution is -2.01. The number of hydrogen-bond acceptors (Lipinski definition) is 3. The number of nitrogens with two attached hydrogens (primary N) is 1. The van der Waals surface area contributed by atoms with Crippen LogP contribution in [0.1, 0.15) is 18.9 Å². The quantitative estimate of drug-likeness (QED) is 0.806. The Morgan fingerprint density at radius 2 is 1.95 bits per heavy atom. The molecule has 0 heterocycles. The largest absolute Gasteiger partial charge is 0.494 e. The van der Waals surface area contributed by atoms with Crippen molar-refractivity contribution in [2.24, 2.45) is 0 Å². The number of methoxy groups -OCH3 is 1. The summed E-state index contributed by atoms with van der Waals surface area (Å²) in [5.41, 5.74) is 9.05. The van der Waals surface area contributed by atoms with Crippen LogP contribution in [0.4, 0.5) is 21.5 Å². The van der Waals surface area contributed by atoms with Gasteiger partial charge >= 0.3 is 0 Å². The second-order valence-electron chi connectivity index (χ2n) is 4.61. The SMILES string of the molecule is CCCc1ccccc1Nc1cc(OC)c(F)cc1N. The summed E-state index contributed by atoms with van der Waals surface area (Å²) in [7, 11) is 1.43. The number of nitrogens with one attached hydrogen (secondary N) is 1. The smallest absolute Gasteiger partial charge is 0.167 e. The molecular formula is C16H19FN2O. The highest BCUT2D eigenvalue weighted by Gasteiger charge is 2.10. The molecule has 0 aliphatic carbocycles. The molecule has 4 heteroatoms. The van der Waals surface area contributed by atoms with Crippen LogP contribution in [-0.4, -0.2) is 7.11 Å². The van der Waals surface area contributed by atoms with E-state index in [1.807, 2.05) is 18.2 Å². The molecule has 3 nitrogen and oxygen atoms in total. The number of ether oxygens (including phenoxy) is 1. The second kappa shape index (κ2) is 6.28. The average Bonchev–Trinajstić information content (AvgIpc) is 2.44. The zero-order valence-electron chi connectivity index (χ0n) is 11.7. The van der Waals surface area contributed by atoms with Crippen LogP contribution in [0.15, 0.2) is 36.4 Å². The van der Waals surface area contributed by atoms with Gasteiger partial charge in [0, 0.05) is 17.8 Å². The maximum Gasteiger partial charge on any atom is 0.167 e. The molecule has 106 valence electrons. The van der Waals surface area contributed by atoms with Crippen LogP contribution in [0.3, 0.4) is 0 Å². The average molecular weight is 274 g/mol. The van der Waals surface area contributed by atoms with Crippen LogP contribution in [0, 0.1) is 5.82 Å². The van der Waals surface area contributed by atoms with Crippen molar-refractivity contribution in [3.05, 3.63) is 47.8 Å². The standard InChI is InChI=1S/C16H19FN2O/c1-3-6-11-7-4-5-8-14(11)19-15-10-16(20-2)12(17)9-13(15)18/h4-5,7-10,19H,3,6,18H2,1-2H3. The van der Waals surface area contributed by atoms with Crippen LogP contribution in [-0.2, 0) is 6.42 Å². The van der Waals surface area contributed by atoms with E-state index in [1.165, 1.54) is 18.7 Å². The highest BCUT2D eigenvalue weighted by atomic mass is 19.1. The third kappa shape index (κ3) is 3.02. The van der Waals surface area contributed by atoms with Crippen LogP contribution in [0.2, 0.25) is 0 Å². The van der Waals surface area contributed by atoms with Crippen molar-refractivity contribution < 1.29 is 9.13 Å². The van der Waals surface area contributed by atoms with Crippen LogP contribution >= 0.6 is 0 Å². The Balaban J connectivity index is 2.35. The summed E-state index contributed by atoms with van der Waals surface area (Å²) in [6.07, 6.45) is 2.03. The van der Waals surface area contributed by atoms with Gasteiger partial charge in [0.15, 0.2) is 11.6 Å². The zero-order chi connectivity index (χ0) is 14.5. The van der Waals surface area contributed by atoms with Gasteiger partial charge in [0.1, 0.15) is 0 Å². The highest BCUT2D eigenvalue weighted by molar-refractivity contribution is 5.75. The summed E-state index contributed by atoms with van der Waals surface area (Å²) < 4.78 is 18.5.